The van der Waals surface area contributed by atoms with E-state index in [1.807, 2.05) is 0 Å². The van der Waals surface area contributed by atoms with Gasteiger partial charge in [0.1, 0.15) is 0 Å². The van der Waals surface area contributed by atoms with E-state index in [0.717, 1.165) is 12.0 Å². The molecular formula is C17H34N2. The highest BCUT2D eigenvalue weighted by Gasteiger charge is 2.18. The molecule has 1 aliphatic heterocycles. The van der Waals surface area contributed by atoms with Crippen LogP contribution in [0, 0.1) is 5.92 Å². The average Bonchev–Trinajstić information content (AvgIpc) is 2.70. The largest absolute Gasteiger partial charge is 0.313 e. The second-order valence-corrected chi connectivity index (χ2v) is 6.72. The monoisotopic (exact) mass is 266 g/mol. The quantitative estimate of drug-likeness (QED) is 0.735. The average molecular weight is 266 g/mol. The normalized spacial score (nSPS) is 24.5. The zero-order chi connectivity index (χ0) is 13.3. The predicted molar refractivity (Wildman–Crippen MR) is 83.6 cm³/mol. The summed E-state index contributed by atoms with van der Waals surface area (Å²) in [6.45, 7) is 7.50. The number of nitrogens with zero attached hydrogens (tertiary/aromatic N) is 1. The fraction of sp³-hybridized carbons (Fsp3) is 1.00. The van der Waals surface area contributed by atoms with Crippen LogP contribution < -0.4 is 5.32 Å². The van der Waals surface area contributed by atoms with E-state index >= 15 is 0 Å². The van der Waals surface area contributed by atoms with Crippen molar-refractivity contribution in [2.45, 2.75) is 77.2 Å². The Kier molecular flexibility index (Phi) is 7.23. The summed E-state index contributed by atoms with van der Waals surface area (Å²) < 4.78 is 0. The van der Waals surface area contributed by atoms with Crippen LogP contribution in [-0.2, 0) is 0 Å². The van der Waals surface area contributed by atoms with E-state index in [1.165, 1.54) is 90.4 Å². The molecule has 2 aliphatic rings. The van der Waals surface area contributed by atoms with Gasteiger partial charge in [0.2, 0.25) is 0 Å². The van der Waals surface area contributed by atoms with Gasteiger partial charge in [-0.25, -0.2) is 0 Å². The van der Waals surface area contributed by atoms with Crippen molar-refractivity contribution in [1.29, 1.82) is 0 Å². The van der Waals surface area contributed by atoms with Gasteiger partial charge >= 0.3 is 0 Å². The zero-order valence-corrected chi connectivity index (χ0v) is 13.0. The second-order valence-electron chi connectivity index (χ2n) is 6.72. The first kappa shape index (κ1) is 15.3. The van der Waals surface area contributed by atoms with E-state index in [0.29, 0.717) is 0 Å². The summed E-state index contributed by atoms with van der Waals surface area (Å²) in [4.78, 5) is 2.68. The molecule has 0 radical (unpaired) electrons. The molecule has 2 nitrogen and oxygen atoms in total. The summed E-state index contributed by atoms with van der Waals surface area (Å²) in [5, 5.41) is 3.80. The van der Waals surface area contributed by atoms with Crippen molar-refractivity contribution in [2.24, 2.45) is 5.92 Å². The molecule has 19 heavy (non-hydrogen) atoms. The number of nitrogens with one attached hydrogen (secondary N) is 1. The molecule has 112 valence electrons. The molecule has 1 N–H and O–H groups in total. The molecule has 0 bridgehead atoms. The van der Waals surface area contributed by atoms with E-state index in [1.54, 1.807) is 0 Å². The van der Waals surface area contributed by atoms with E-state index in [-0.39, 0.29) is 0 Å². The van der Waals surface area contributed by atoms with Crippen molar-refractivity contribution < 1.29 is 0 Å². The lowest BCUT2D eigenvalue weighted by Gasteiger charge is -2.32. The molecule has 0 atom stereocenters. The Hall–Kier alpha value is -0.0800. The Labute approximate surface area is 120 Å². The fourth-order valence-electron chi connectivity index (χ4n) is 3.82. The molecule has 2 fully saturated rings. The lowest BCUT2D eigenvalue weighted by molar-refractivity contribution is 0.177. The highest BCUT2D eigenvalue weighted by atomic mass is 15.1. The topological polar surface area (TPSA) is 15.3 Å². The Morgan fingerprint density at radius 2 is 1.63 bits per heavy atom. The third kappa shape index (κ3) is 5.83. The van der Waals surface area contributed by atoms with E-state index < -0.39 is 0 Å². The first-order valence-electron chi connectivity index (χ1n) is 8.84. The first-order chi connectivity index (χ1) is 9.38. The molecule has 0 aromatic heterocycles. The number of hydrogen-bond donors (Lipinski definition) is 1. The molecule has 2 heteroatoms. The van der Waals surface area contributed by atoms with Crippen LogP contribution in [0.25, 0.3) is 0 Å². The maximum atomic E-state index is 3.80. The van der Waals surface area contributed by atoms with Gasteiger partial charge in [0.25, 0.3) is 0 Å². The van der Waals surface area contributed by atoms with Crippen LogP contribution in [0.2, 0.25) is 0 Å². The summed E-state index contributed by atoms with van der Waals surface area (Å²) in [6, 6.07) is 0.820. The SMILES string of the molecule is CCCC1CCN(CCNC2CCCCCC2)CC1. The first-order valence-corrected chi connectivity index (χ1v) is 8.84. The van der Waals surface area contributed by atoms with Crippen molar-refractivity contribution in [3.05, 3.63) is 0 Å². The molecule has 1 saturated carbocycles. The Morgan fingerprint density at radius 1 is 0.947 bits per heavy atom. The molecule has 1 heterocycles. The summed E-state index contributed by atoms with van der Waals surface area (Å²) in [5.74, 6) is 1.02. The molecule has 0 spiro atoms. The number of piperidine rings is 1. The van der Waals surface area contributed by atoms with Crippen LogP contribution in [0.1, 0.15) is 71.1 Å². The van der Waals surface area contributed by atoms with Gasteiger partial charge in [0.15, 0.2) is 0 Å². The second kappa shape index (κ2) is 8.97. The highest BCUT2D eigenvalue weighted by molar-refractivity contribution is 4.75. The van der Waals surface area contributed by atoms with Crippen molar-refractivity contribution in [2.75, 3.05) is 26.2 Å². The molecule has 0 unspecified atom stereocenters. The van der Waals surface area contributed by atoms with Crippen molar-refractivity contribution >= 4 is 0 Å². The van der Waals surface area contributed by atoms with Gasteiger partial charge in [-0.15, -0.1) is 0 Å². The number of likely N-dealkylation sites (tertiary alicyclic amines) is 1. The Morgan fingerprint density at radius 3 is 2.26 bits per heavy atom. The maximum absolute atomic E-state index is 3.80. The van der Waals surface area contributed by atoms with Gasteiger partial charge in [0, 0.05) is 19.1 Å². The predicted octanol–water partition coefficient (Wildman–Crippen LogP) is 3.81. The number of rotatable bonds is 6. The minimum Gasteiger partial charge on any atom is -0.313 e. The van der Waals surface area contributed by atoms with Gasteiger partial charge < -0.3 is 10.2 Å². The van der Waals surface area contributed by atoms with E-state index in [9.17, 15) is 0 Å². The summed E-state index contributed by atoms with van der Waals surface area (Å²) in [7, 11) is 0. The summed E-state index contributed by atoms with van der Waals surface area (Å²) in [6.07, 6.45) is 14.3. The van der Waals surface area contributed by atoms with Crippen LogP contribution in [0.15, 0.2) is 0 Å². The van der Waals surface area contributed by atoms with E-state index in [4.69, 9.17) is 0 Å². The zero-order valence-electron chi connectivity index (χ0n) is 13.0. The Bertz CT molecular complexity index is 213. The molecular weight excluding hydrogens is 232 g/mol. The minimum atomic E-state index is 0.820. The minimum absolute atomic E-state index is 0.820. The van der Waals surface area contributed by atoms with Crippen LogP contribution in [0.4, 0.5) is 0 Å². The van der Waals surface area contributed by atoms with Gasteiger partial charge in [-0.1, -0.05) is 45.4 Å². The fourth-order valence-corrected chi connectivity index (χ4v) is 3.82. The molecule has 1 saturated heterocycles. The van der Waals surface area contributed by atoms with Crippen LogP contribution in [0.5, 0.6) is 0 Å². The van der Waals surface area contributed by atoms with Crippen LogP contribution in [-0.4, -0.2) is 37.1 Å². The smallest absolute Gasteiger partial charge is 0.0107 e. The summed E-state index contributed by atoms with van der Waals surface area (Å²) >= 11 is 0. The van der Waals surface area contributed by atoms with Crippen molar-refractivity contribution in [1.82, 2.24) is 10.2 Å². The third-order valence-corrected chi connectivity index (χ3v) is 5.12. The molecule has 0 aromatic carbocycles. The van der Waals surface area contributed by atoms with Gasteiger partial charge in [-0.3, -0.25) is 0 Å². The van der Waals surface area contributed by atoms with E-state index in [2.05, 4.69) is 17.1 Å². The molecule has 0 amide bonds. The number of hydrogen-bond acceptors (Lipinski definition) is 2. The highest BCUT2D eigenvalue weighted by Crippen LogP contribution is 2.21. The lowest BCUT2D eigenvalue weighted by atomic mass is 9.92. The third-order valence-electron chi connectivity index (χ3n) is 5.12. The van der Waals surface area contributed by atoms with Crippen molar-refractivity contribution in [3.63, 3.8) is 0 Å². The maximum Gasteiger partial charge on any atom is 0.0107 e. The van der Waals surface area contributed by atoms with Gasteiger partial charge in [-0.2, -0.15) is 0 Å². The molecule has 1 aliphatic carbocycles. The lowest BCUT2D eigenvalue weighted by Crippen LogP contribution is -2.40. The van der Waals surface area contributed by atoms with Gasteiger partial charge in [0.05, 0.1) is 0 Å². The Balaban J connectivity index is 1.53. The summed E-state index contributed by atoms with van der Waals surface area (Å²) in [5.41, 5.74) is 0. The van der Waals surface area contributed by atoms with Crippen molar-refractivity contribution in [3.8, 4) is 0 Å². The van der Waals surface area contributed by atoms with Crippen LogP contribution in [0.3, 0.4) is 0 Å². The molecule has 2 rings (SSSR count). The van der Waals surface area contributed by atoms with Gasteiger partial charge in [-0.05, 0) is 44.7 Å². The molecule has 0 aromatic rings. The standard InChI is InChI=1S/C17H34N2/c1-2-7-16-10-13-19(14-11-16)15-12-18-17-8-5-3-4-6-9-17/h16-18H,2-15H2,1H3. The van der Waals surface area contributed by atoms with Crippen LogP contribution >= 0.6 is 0 Å².